The molecule has 1 unspecified atom stereocenters. The summed E-state index contributed by atoms with van der Waals surface area (Å²) in [6.45, 7) is 4.98. The molecular weight excluding hydrogens is 374 g/mol. The fourth-order valence-corrected chi connectivity index (χ4v) is 4.83. The molecule has 2 fully saturated rings. The number of benzene rings is 2. The van der Waals surface area contributed by atoms with Crippen molar-refractivity contribution in [2.75, 3.05) is 6.54 Å². The molecule has 2 aliphatic rings. The normalized spacial score (nSPS) is 20.3. The van der Waals surface area contributed by atoms with Crippen molar-refractivity contribution in [1.29, 1.82) is 0 Å². The highest BCUT2D eigenvalue weighted by Crippen LogP contribution is 2.32. The molecule has 1 aliphatic carbocycles. The third-order valence-corrected chi connectivity index (χ3v) is 6.67. The van der Waals surface area contributed by atoms with Crippen LogP contribution in [0.15, 0.2) is 47.3 Å². The van der Waals surface area contributed by atoms with Crippen molar-refractivity contribution in [2.24, 2.45) is 0 Å². The fraction of sp³-hybridized carbons (Fsp3) is 0.440. The lowest BCUT2D eigenvalue weighted by Crippen LogP contribution is -2.51. The highest BCUT2D eigenvalue weighted by atomic mass is 16.5. The minimum atomic E-state index is -0.0206. The molecule has 5 nitrogen and oxygen atoms in total. The summed E-state index contributed by atoms with van der Waals surface area (Å²) in [5, 5.41) is 0.682. The third-order valence-electron chi connectivity index (χ3n) is 6.67. The summed E-state index contributed by atoms with van der Waals surface area (Å²) in [5.74, 6) is 1.56. The van der Waals surface area contributed by atoms with Crippen LogP contribution in [0.3, 0.4) is 0 Å². The summed E-state index contributed by atoms with van der Waals surface area (Å²) < 4.78 is 8.08. The van der Waals surface area contributed by atoms with Crippen LogP contribution < -0.4 is 10.3 Å². The van der Waals surface area contributed by atoms with E-state index in [9.17, 15) is 4.79 Å². The zero-order chi connectivity index (χ0) is 20.7. The third kappa shape index (κ3) is 3.41. The van der Waals surface area contributed by atoms with E-state index in [1.54, 1.807) is 4.57 Å². The van der Waals surface area contributed by atoms with Gasteiger partial charge in [0.1, 0.15) is 11.6 Å². The van der Waals surface area contributed by atoms with Gasteiger partial charge in [0, 0.05) is 12.6 Å². The Labute approximate surface area is 177 Å². The first-order chi connectivity index (χ1) is 14.6. The fourth-order valence-electron chi connectivity index (χ4n) is 4.83. The Balaban J connectivity index is 1.43. The van der Waals surface area contributed by atoms with Crippen LogP contribution in [0.25, 0.3) is 16.6 Å². The summed E-state index contributed by atoms with van der Waals surface area (Å²) in [7, 11) is 0. The molecule has 5 heteroatoms. The van der Waals surface area contributed by atoms with Crippen molar-refractivity contribution in [1.82, 2.24) is 14.5 Å². The molecule has 3 aromatic rings. The number of aromatic nitrogens is 2. The molecule has 2 heterocycles. The van der Waals surface area contributed by atoms with Crippen LogP contribution >= 0.6 is 0 Å². The van der Waals surface area contributed by atoms with E-state index in [2.05, 4.69) is 9.88 Å². The second-order valence-electron chi connectivity index (χ2n) is 8.65. The quantitative estimate of drug-likeness (QED) is 0.631. The number of piperidine rings is 1. The Morgan fingerprint density at radius 2 is 1.77 bits per heavy atom. The summed E-state index contributed by atoms with van der Waals surface area (Å²) in [6, 6.07) is 14.4. The molecule has 1 saturated carbocycles. The topological polar surface area (TPSA) is 47.4 Å². The van der Waals surface area contributed by atoms with Gasteiger partial charge in [0.2, 0.25) is 0 Å². The maximum atomic E-state index is 13.2. The van der Waals surface area contributed by atoms with Crippen molar-refractivity contribution in [3.63, 3.8) is 0 Å². The van der Waals surface area contributed by atoms with Crippen LogP contribution in [-0.2, 0) is 0 Å². The molecule has 0 radical (unpaired) electrons. The highest BCUT2D eigenvalue weighted by Gasteiger charge is 2.33. The molecular formula is C25H29N3O2. The van der Waals surface area contributed by atoms with Crippen LogP contribution in [-0.4, -0.2) is 33.3 Å². The summed E-state index contributed by atoms with van der Waals surface area (Å²) in [5.41, 5.74) is 2.50. The van der Waals surface area contributed by atoms with Crippen LogP contribution in [0.5, 0.6) is 5.75 Å². The van der Waals surface area contributed by atoms with Crippen molar-refractivity contribution in [3.8, 4) is 11.4 Å². The van der Waals surface area contributed by atoms with E-state index in [1.807, 2.05) is 56.3 Å². The predicted molar refractivity (Wildman–Crippen MR) is 119 cm³/mol. The van der Waals surface area contributed by atoms with Gasteiger partial charge in [-0.3, -0.25) is 14.3 Å². The van der Waals surface area contributed by atoms with E-state index >= 15 is 0 Å². The van der Waals surface area contributed by atoms with Gasteiger partial charge in [-0.2, -0.15) is 0 Å². The SMILES string of the molecule is Cc1cccc2nc(C)n(-c3ccc(OC4CCCCN4C4CCC4)cc3)c(=O)c12. The standard InChI is InChI=1S/C25H29N3O2/c1-17-7-5-10-22-24(17)25(29)28(18(2)26-22)20-12-14-21(15-13-20)30-23-11-3-4-16-27(23)19-8-6-9-19/h5,7,10,12-15,19,23H,3-4,6,8-9,11,16H2,1-2H3. The van der Waals surface area contributed by atoms with Gasteiger partial charge >= 0.3 is 0 Å². The van der Waals surface area contributed by atoms with E-state index in [0.717, 1.165) is 35.5 Å². The van der Waals surface area contributed by atoms with Gasteiger partial charge in [-0.15, -0.1) is 0 Å². The first-order valence-electron chi connectivity index (χ1n) is 11.1. The zero-order valence-electron chi connectivity index (χ0n) is 17.8. The lowest BCUT2D eigenvalue weighted by Gasteiger charge is -2.44. The first-order valence-corrected chi connectivity index (χ1v) is 11.1. The number of nitrogens with zero attached hydrogens (tertiary/aromatic N) is 3. The molecule has 5 rings (SSSR count). The second-order valence-corrected chi connectivity index (χ2v) is 8.65. The van der Waals surface area contributed by atoms with Gasteiger partial charge in [-0.05, 0) is 81.8 Å². The molecule has 30 heavy (non-hydrogen) atoms. The Kier molecular flexibility index (Phi) is 5.07. The van der Waals surface area contributed by atoms with Gasteiger partial charge in [0.15, 0.2) is 6.23 Å². The van der Waals surface area contributed by atoms with Crippen molar-refractivity contribution in [2.45, 2.75) is 64.6 Å². The van der Waals surface area contributed by atoms with E-state index < -0.39 is 0 Å². The highest BCUT2D eigenvalue weighted by molar-refractivity contribution is 5.81. The van der Waals surface area contributed by atoms with Gasteiger partial charge in [-0.25, -0.2) is 4.98 Å². The average Bonchev–Trinajstić information content (AvgIpc) is 2.69. The first kappa shape index (κ1) is 19.3. The van der Waals surface area contributed by atoms with Crippen molar-refractivity contribution >= 4 is 10.9 Å². The van der Waals surface area contributed by atoms with Crippen LogP contribution in [0, 0.1) is 13.8 Å². The Morgan fingerprint density at radius 1 is 0.967 bits per heavy atom. The molecule has 1 aliphatic heterocycles. The smallest absolute Gasteiger partial charge is 0.266 e. The lowest BCUT2D eigenvalue weighted by molar-refractivity contribution is -0.0523. The molecule has 0 amide bonds. The molecule has 0 spiro atoms. The Bertz CT molecular complexity index is 1120. The van der Waals surface area contributed by atoms with Crippen LogP contribution in [0.2, 0.25) is 0 Å². The van der Waals surface area contributed by atoms with E-state index in [1.165, 1.54) is 32.1 Å². The predicted octanol–water partition coefficient (Wildman–Crippen LogP) is 4.75. The Hall–Kier alpha value is -2.66. The van der Waals surface area contributed by atoms with E-state index in [-0.39, 0.29) is 11.8 Å². The minimum Gasteiger partial charge on any atom is -0.475 e. The molecule has 1 saturated heterocycles. The number of hydrogen-bond acceptors (Lipinski definition) is 4. The van der Waals surface area contributed by atoms with Gasteiger partial charge in [0.05, 0.1) is 16.6 Å². The molecule has 2 aromatic carbocycles. The summed E-state index contributed by atoms with van der Waals surface area (Å²) in [6.07, 6.45) is 7.70. The zero-order valence-corrected chi connectivity index (χ0v) is 17.8. The van der Waals surface area contributed by atoms with Gasteiger partial charge in [-0.1, -0.05) is 18.6 Å². The van der Waals surface area contributed by atoms with Crippen LogP contribution in [0.1, 0.15) is 49.9 Å². The molecule has 1 atom stereocenters. The summed E-state index contributed by atoms with van der Waals surface area (Å²) in [4.78, 5) is 20.4. The van der Waals surface area contributed by atoms with Gasteiger partial charge < -0.3 is 4.74 Å². The molecule has 156 valence electrons. The molecule has 1 aromatic heterocycles. The number of likely N-dealkylation sites (tertiary alicyclic amines) is 1. The van der Waals surface area contributed by atoms with Crippen molar-refractivity contribution in [3.05, 3.63) is 64.2 Å². The summed E-state index contributed by atoms with van der Waals surface area (Å²) >= 11 is 0. The molecule has 0 N–H and O–H groups in total. The lowest BCUT2D eigenvalue weighted by atomic mass is 9.89. The minimum absolute atomic E-state index is 0.0206. The maximum Gasteiger partial charge on any atom is 0.266 e. The van der Waals surface area contributed by atoms with E-state index in [0.29, 0.717) is 17.3 Å². The van der Waals surface area contributed by atoms with E-state index in [4.69, 9.17) is 4.74 Å². The number of aryl methyl sites for hydroxylation is 2. The second kappa shape index (κ2) is 7.88. The number of hydrogen-bond donors (Lipinski definition) is 0. The number of ether oxygens (including phenoxy) is 1. The molecule has 0 bridgehead atoms. The largest absolute Gasteiger partial charge is 0.475 e. The maximum absolute atomic E-state index is 13.2. The average molecular weight is 404 g/mol. The number of rotatable bonds is 4. The van der Waals surface area contributed by atoms with Gasteiger partial charge in [0.25, 0.3) is 5.56 Å². The number of fused-ring (bicyclic) bond motifs is 1. The monoisotopic (exact) mass is 403 g/mol. The van der Waals surface area contributed by atoms with Crippen molar-refractivity contribution < 1.29 is 4.74 Å². The van der Waals surface area contributed by atoms with Crippen LogP contribution in [0.4, 0.5) is 0 Å². The Morgan fingerprint density at radius 3 is 2.50 bits per heavy atom.